The van der Waals surface area contributed by atoms with E-state index in [1.807, 2.05) is 44.2 Å². The summed E-state index contributed by atoms with van der Waals surface area (Å²) in [5, 5.41) is 0.981. The van der Waals surface area contributed by atoms with Gasteiger partial charge in [0.1, 0.15) is 5.58 Å². The second-order valence-electron chi connectivity index (χ2n) is 5.21. The van der Waals surface area contributed by atoms with Gasteiger partial charge in [0.2, 0.25) is 0 Å². The van der Waals surface area contributed by atoms with Crippen LogP contribution in [-0.2, 0) is 0 Å². The fraction of sp³-hybridized carbons (Fsp3) is 0.105. The van der Waals surface area contributed by atoms with Crippen molar-refractivity contribution >= 4 is 17.0 Å². The Bertz CT molecular complexity index is 901. The highest BCUT2D eigenvalue weighted by atomic mass is 16.4. The molecule has 0 aliphatic heterocycles. The van der Waals surface area contributed by atoms with Gasteiger partial charge in [-0.3, -0.25) is 0 Å². The third kappa shape index (κ3) is 2.29. The van der Waals surface area contributed by atoms with E-state index in [0.29, 0.717) is 5.58 Å². The first-order valence-electron chi connectivity index (χ1n) is 6.87. The number of hydrogen-bond donors (Lipinski definition) is 0. The van der Waals surface area contributed by atoms with Crippen molar-refractivity contribution in [3.8, 4) is 11.1 Å². The molecule has 1 heterocycles. The molecule has 0 spiro atoms. The van der Waals surface area contributed by atoms with E-state index in [1.165, 1.54) is 0 Å². The smallest absolute Gasteiger partial charge is 0.336 e. The molecule has 0 radical (unpaired) electrons. The second-order valence-corrected chi connectivity index (χ2v) is 5.21. The maximum absolute atomic E-state index is 11.9. The highest BCUT2D eigenvalue weighted by Crippen LogP contribution is 2.32. The Morgan fingerprint density at radius 1 is 1.00 bits per heavy atom. The fourth-order valence-corrected chi connectivity index (χ4v) is 2.74. The molecule has 0 aliphatic rings. The van der Waals surface area contributed by atoms with E-state index in [4.69, 9.17) is 4.42 Å². The first kappa shape index (κ1) is 13.4. The zero-order valence-electron chi connectivity index (χ0n) is 12.1. The molecule has 3 rings (SSSR count). The SMILES string of the molecule is C=Cc1cc(C)c2c(-c3ccccc3C)cc(=O)oc2c1. The van der Waals surface area contributed by atoms with Crippen LogP contribution in [0.1, 0.15) is 16.7 Å². The Morgan fingerprint density at radius 3 is 2.48 bits per heavy atom. The standard InChI is InChI=1S/C19H16O2/c1-4-14-9-13(3)19-16(11-18(20)21-17(19)10-14)15-8-6-5-7-12(15)2/h4-11H,1H2,2-3H3. The van der Waals surface area contributed by atoms with Crippen LogP contribution in [-0.4, -0.2) is 0 Å². The summed E-state index contributed by atoms with van der Waals surface area (Å²) in [6, 6.07) is 13.5. The van der Waals surface area contributed by atoms with E-state index in [-0.39, 0.29) is 5.63 Å². The Hall–Kier alpha value is -2.61. The zero-order valence-corrected chi connectivity index (χ0v) is 12.1. The molecule has 104 valence electrons. The first-order chi connectivity index (χ1) is 10.1. The van der Waals surface area contributed by atoms with Crippen LogP contribution in [0.15, 0.2) is 58.3 Å². The third-order valence-corrected chi connectivity index (χ3v) is 3.73. The lowest BCUT2D eigenvalue weighted by Crippen LogP contribution is -2.00. The molecule has 0 saturated carbocycles. The van der Waals surface area contributed by atoms with Crippen molar-refractivity contribution < 1.29 is 4.42 Å². The fourth-order valence-electron chi connectivity index (χ4n) is 2.74. The molecular formula is C19H16O2. The van der Waals surface area contributed by atoms with Crippen molar-refractivity contribution in [2.24, 2.45) is 0 Å². The summed E-state index contributed by atoms with van der Waals surface area (Å²) in [6.07, 6.45) is 1.76. The van der Waals surface area contributed by atoms with Crippen LogP contribution >= 0.6 is 0 Å². The maximum Gasteiger partial charge on any atom is 0.336 e. The van der Waals surface area contributed by atoms with Gasteiger partial charge in [-0.2, -0.15) is 0 Å². The lowest BCUT2D eigenvalue weighted by atomic mass is 9.94. The normalized spacial score (nSPS) is 10.8. The Morgan fingerprint density at radius 2 is 1.76 bits per heavy atom. The summed E-state index contributed by atoms with van der Waals surface area (Å²) in [6.45, 7) is 7.85. The number of benzene rings is 2. The van der Waals surface area contributed by atoms with Crippen molar-refractivity contribution in [3.63, 3.8) is 0 Å². The lowest BCUT2D eigenvalue weighted by Gasteiger charge is -2.11. The molecule has 0 unspecified atom stereocenters. The van der Waals surface area contributed by atoms with Gasteiger partial charge in [0.25, 0.3) is 0 Å². The molecule has 0 saturated heterocycles. The highest BCUT2D eigenvalue weighted by molar-refractivity contribution is 5.97. The number of fused-ring (bicyclic) bond motifs is 1. The third-order valence-electron chi connectivity index (χ3n) is 3.73. The molecule has 1 aromatic heterocycles. The van der Waals surface area contributed by atoms with E-state index in [2.05, 4.69) is 12.6 Å². The minimum atomic E-state index is -0.332. The van der Waals surface area contributed by atoms with Crippen LogP contribution in [0.3, 0.4) is 0 Å². The van der Waals surface area contributed by atoms with E-state index in [0.717, 1.165) is 33.2 Å². The summed E-state index contributed by atoms with van der Waals surface area (Å²) in [5.41, 5.74) is 5.42. The minimum Gasteiger partial charge on any atom is -0.423 e. The summed E-state index contributed by atoms with van der Waals surface area (Å²) < 4.78 is 5.38. The van der Waals surface area contributed by atoms with Gasteiger partial charge in [0.15, 0.2) is 0 Å². The van der Waals surface area contributed by atoms with E-state index < -0.39 is 0 Å². The summed E-state index contributed by atoms with van der Waals surface area (Å²) in [7, 11) is 0. The monoisotopic (exact) mass is 276 g/mol. The van der Waals surface area contributed by atoms with Crippen molar-refractivity contribution in [3.05, 3.63) is 76.2 Å². The van der Waals surface area contributed by atoms with Crippen LogP contribution < -0.4 is 5.63 Å². The molecule has 2 heteroatoms. The van der Waals surface area contributed by atoms with Gasteiger partial charge in [-0.25, -0.2) is 4.79 Å². The summed E-state index contributed by atoms with van der Waals surface area (Å²) in [5.74, 6) is 0. The topological polar surface area (TPSA) is 30.2 Å². The van der Waals surface area contributed by atoms with Gasteiger partial charge in [-0.05, 0) is 42.2 Å². The summed E-state index contributed by atoms with van der Waals surface area (Å²) >= 11 is 0. The average molecular weight is 276 g/mol. The van der Waals surface area contributed by atoms with Crippen LogP contribution in [0.5, 0.6) is 0 Å². The minimum absolute atomic E-state index is 0.332. The van der Waals surface area contributed by atoms with E-state index >= 15 is 0 Å². The Labute approximate surface area is 123 Å². The van der Waals surface area contributed by atoms with Crippen LogP contribution in [0.2, 0.25) is 0 Å². The molecule has 0 atom stereocenters. The average Bonchev–Trinajstić information content (AvgIpc) is 2.46. The Kier molecular flexibility index (Phi) is 3.22. The van der Waals surface area contributed by atoms with Crippen LogP contribution in [0.25, 0.3) is 28.2 Å². The molecule has 0 bridgehead atoms. The maximum atomic E-state index is 11.9. The number of rotatable bonds is 2. The molecular weight excluding hydrogens is 260 g/mol. The lowest BCUT2D eigenvalue weighted by molar-refractivity contribution is 0.561. The van der Waals surface area contributed by atoms with Crippen LogP contribution in [0, 0.1) is 13.8 Å². The number of hydrogen-bond acceptors (Lipinski definition) is 2. The molecule has 0 aliphatic carbocycles. The zero-order chi connectivity index (χ0) is 15.0. The molecule has 0 amide bonds. The summed E-state index contributed by atoms with van der Waals surface area (Å²) in [4.78, 5) is 11.9. The van der Waals surface area contributed by atoms with Gasteiger partial charge >= 0.3 is 5.63 Å². The largest absolute Gasteiger partial charge is 0.423 e. The predicted molar refractivity (Wildman–Crippen MR) is 87.5 cm³/mol. The van der Waals surface area contributed by atoms with Gasteiger partial charge in [0, 0.05) is 17.0 Å². The van der Waals surface area contributed by atoms with Crippen molar-refractivity contribution in [1.29, 1.82) is 0 Å². The molecule has 2 nitrogen and oxygen atoms in total. The van der Waals surface area contributed by atoms with E-state index in [1.54, 1.807) is 12.1 Å². The first-order valence-corrected chi connectivity index (χ1v) is 6.87. The quantitative estimate of drug-likeness (QED) is 0.634. The molecule has 0 N–H and O–H groups in total. The van der Waals surface area contributed by atoms with Crippen molar-refractivity contribution in [2.75, 3.05) is 0 Å². The van der Waals surface area contributed by atoms with Gasteiger partial charge in [-0.15, -0.1) is 0 Å². The van der Waals surface area contributed by atoms with E-state index in [9.17, 15) is 4.79 Å². The van der Waals surface area contributed by atoms with Gasteiger partial charge < -0.3 is 4.42 Å². The van der Waals surface area contributed by atoms with Crippen LogP contribution in [0.4, 0.5) is 0 Å². The Balaban J connectivity index is 2.46. The van der Waals surface area contributed by atoms with Crippen molar-refractivity contribution in [2.45, 2.75) is 13.8 Å². The molecule has 2 aromatic carbocycles. The molecule has 0 fully saturated rings. The predicted octanol–water partition coefficient (Wildman–Crippen LogP) is 4.72. The second kappa shape index (κ2) is 5.06. The van der Waals surface area contributed by atoms with Gasteiger partial charge in [0.05, 0.1) is 0 Å². The molecule has 3 aromatic rings. The number of aryl methyl sites for hydroxylation is 2. The van der Waals surface area contributed by atoms with Gasteiger partial charge in [-0.1, -0.05) is 43.0 Å². The highest BCUT2D eigenvalue weighted by Gasteiger charge is 2.12. The van der Waals surface area contributed by atoms with Crippen molar-refractivity contribution in [1.82, 2.24) is 0 Å². The molecule has 21 heavy (non-hydrogen) atoms.